The number of carbonyl (C=O) groups excluding carboxylic acids is 2. The van der Waals surface area contributed by atoms with Crippen molar-refractivity contribution in [1.29, 1.82) is 0 Å². The van der Waals surface area contributed by atoms with Crippen molar-refractivity contribution in [3.05, 3.63) is 24.5 Å². The molecule has 0 spiro atoms. The minimum Gasteiger partial charge on any atom is -0.467 e. The summed E-state index contributed by atoms with van der Waals surface area (Å²) in [5.74, 6) is -1.80. The van der Waals surface area contributed by atoms with Crippen LogP contribution in [0, 0.1) is 34.5 Å². The fraction of sp³-hybridized carbons (Fsp3) is 0.750. The minimum absolute atomic E-state index is 0.0479. The Bertz CT molecular complexity index is 819. The molecule has 166 valence electrons. The fourth-order valence-electron chi connectivity index (χ4n) is 7.77. The summed E-state index contributed by atoms with van der Waals surface area (Å²) in [6.07, 6.45) is 5.95. The number of allylic oxidation sites excluding steroid dienone is 1. The van der Waals surface area contributed by atoms with Gasteiger partial charge in [-0.25, -0.2) is 0 Å². The molecule has 30 heavy (non-hydrogen) atoms. The van der Waals surface area contributed by atoms with Crippen LogP contribution in [0.3, 0.4) is 0 Å². The lowest BCUT2D eigenvalue weighted by atomic mass is 9.44. The maximum Gasteiger partial charge on any atom is 0.227 e. The number of carbonyl (C=O) groups is 2. The summed E-state index contributed by atoms with van der Waals surface area (Å²) in [5.41, 5.74) is -1.79. The van der Waals surface area contributed by atoms with E-state index >= 15 is 0 Å². The number of Topliss-reactive ketones (excluding diaryl/α,β-unsaturated/α-hetero) is 2. The second-order valence-electron chi connectivity index (χ2n) is 10.6. The van der Waals surface area contributed by atoms with E-state index in [1.807, 2.05) is 6.92 Å². The lowest BCUT2D eigenvalue weighted by Gasteiger charge is -2.60. The molecular weight excluding hydrogens is 384 g/mol. The molecule has 6 heteroatoms. The maximum absolute atomic E-state index is 13.6. The molecular formula is C24H34O6. The maximum atomic E-state index is 13.6. The molecule has 8 atom stereocenters. The molecule has 0 aromatic rings. The van der Waals surface area contributed by atoms with E-state index in [9.17, 15) is 24.9 Å². The number of hydrogen-bond donors (Lipinski definition) is 3. The normalized spacial score (nSPS) is 50.1. The van der Waals surface area contributed by atoms with E-state index in [0.29, 0.717) is 25.7 Å². The zero-order valence-electron chi connectivity index (χ0n) is 18.2. The summed E-state index contributed by atoms with van der Waals surface area (Å²) in [7, 11) is 0. The SMILES string of the molecule is C=COC1(O)C=C2[C@@H](C)C[C@@H]3[C@H](C(=O)C[C@@]4(C)[C@H]3CC[C@]4(O)C(=O)CO)[C@@]2(C)CC1. The van der Waals surface area contributed by atoms with Crippen LogP contribution < -0.4 is 0 Å². The van der Waals surface area contributed by atoms with Gasteiger partial charge in [0.2, 0.25) is 5.79 Å². The first-order valence-electron chi connectivity index (χ1n) is 11.1. The monoisotopic (exact) mass is 418 g/mol. The predicted octanol–water partition coefficient (Wildman–Crippen LogP) is 2.52. The summed E-state index contributed by atoms with van der Waals surface area (Å²) in [6.45, 7) is 8.97. The number of ether oxygens (including phenoxy) is 1. The van der Waals surface area contributed by atoms with Crippen LogP contribution in [-0.4, -0.2) is 44.9 Å². The van der Waals surface area contributed by atoms with Gasteiger partial charge in [0, 0.05) is 24.2 Å². The molecule has 4 aliphatic carbocycles. The average Bonchev–Trinajstić information content (AvgIpc) is 2.94. The van der Waals surface area contributed by atoms with E-state index in [1.165, 1.54) is 6.26 Å². The van der Waals surface area contributed by atoms with Crippen molar-refractivity contribution >= 4 is 11.6 Å². The second-order valence-corrected chi connectivity index (χ2v) is 10.6. The van der Waals surface area contributed by atoms with Gasteiger partial charge in [-0.05, 0) is 54.9 Å². The third kappa shape index (κ3) is 2.66. The molecule has 3 fully saturated rings. The Hall–Kier alpha value is -1.50. The van der Waals surface area contributed by atoms with Crippen molar-refractivity contribution in [2.75, 3.05) is 6.61 Å². The molecule has 6 nitrogen and oxygen atoms in total. The zero-order valence-corrected chi connectivity index (χ0v) is 18.2. The van der Waals surface area contributed by atoms with E-state index in [4.69, 9.17) is 4.74 Å². The number of aliphatic hydroxyl groups is 3. The first-order valence-corrected chi connectivity index (χ1v) is 11.1. The topological polar surface area (TPSA) is 104 Å². The molecule has 0 bridgehead atoms. The van der Waals surface area contributed by atoms with Gasteiger partial charge in [0.05, 0.1) is 6.26 Å². The molecule has 0 aromatic heterocycles. The Morgan fingerprint density at radius 2 is 2.00 bits per heavy atom. The molecule has 4 rings (SSSR count). The predicted molar refractivity (Wildman–Crippen MR) is 110 cm³/mol. The minimum atomic E-state index is -1.64. The van der Waals surface area contributed by atoms with Gasteiger partial charge in [-0.2, -0.15) is 0 Å². The van der Waals surface area contributed by atoms with Crippen molar-refractivity contribution in [2.24, 2.45) is 34.5 Å². The molecule has 1 unspecified atom stereocenters. The van der Waals surface area contributed by atoms with Crippen LogP contribution in [0.5, 0.6) is 0 Å². The van der Waals surface area contributed by atoms with Gasteiger partial charge in [-0.1, -0.05) is 32.9 Å². The lowest BCUT2D eigenvalue weighted by Crippen LogP contribution is -2.62. The van der Waals surface area contributed by atoms with Gasteiger partial charge in [-0.3, -0.25) is 9.59 Å². The van der Waals surface area contributed by atoms with E-state index in [-0.39, 0.29) is 41.3 Å². The third-order valence-corrected chi connectivity index (χ3v) is 9.19. The van der Waals surface area contributed by atoms with Crippen molar-refractivity contribution in [3.8, 4) is 0 Å². The highest BCUT2D eigenvalue weighted by Gasteiger charge is 2.69. The van der Waals surface area contributed by atoms with Gasteiger partial charge in [0.1, 0.15) is 18.0 Å². The Morgan fingerprint density at radius 1 is 1.30 bits per heavy atom. The molecule has 0 aromatic carbocycles. The zero-order chi connectivity index (χ0) is 22.1. The van der Waals surface area contributed by atoms with Crippen LogP contribution in [0.25, 0.3) is 0 Å². The third-order valence-electron chi connectivity index (χ3n) is 9.19. The highest BCUT2D eigenvalue weighted by atomic mass is 16.6. The van der Waals surface area contributed by atoms with Crippen LogP contribution in [0.2, 0.25) is 0 Å². The number of hydrogen-bond acceptors (Lipinski definition) is 6. The van der Waals surface area contributed by atoms with Crippen molar-refractivity contribution < 1.29 is 29.6 Å². The van der Waals surface area contributed by atoms with Gasteiger partial charge in [0.25, 0.3) is 0 Å². The summed E-state index contributed by atoms with van der Waals surface area (Å²) in [4.78, 5) is 26.1. The van der Waals surface area contributed by atoms with Crippen LogP contribution in [0.15, 0.2) is 24.5 Å². The molecule has 0 saturated heterocycles. The number of aliphatic hydroxyl groups excluding tert-OH is 1. The van der Waals surface area contributed by atoms with Crippen molar-refractivity contribution in [3.63, 3.8) is 0 Å². The Kier molecular flexibility index (Phi) is 4.89. The molecule has 3 saturated carbocycles. The largest absolute Gasteiger partial charge is 0.467 e. The Labute approximate surface area is 178 Å². The standard InChI is InChI=1S/C24H34O6/c1-5-30-23(28)9-8-21(3)17(11-23)14(2)10-15-16-6-7-24(29,19(27)13-25)22(16,4)12-18(26)20(15)21/h5,11,14-16,20,25,28-29H,1,6-10,12-13H2,2-4H3/t14-,15-,16-,20+,21-,22-,23?,24-/m0/s1. The lowest BCUT2D eigenvalue weighted by molar-refractivity contribution is -0.177. The summed E-state index contributed by atoms with van der Waals surface area (Å²) in [5, 5.41) is 31.5. The highest BCUT2D eigenvalue weighted by Crippen LogP contribution is 2.67. The van der Waals surface area contributed by atoms with Gasteiger partial charge in [-0.15, -0.1) is 0 Å². The van der Waals surface area contributed by atoms with Crippen molar-refractivity contribution in [2.45, 2.75) is 70.7 Å². The second kappa shape index (κ2) is 6.75. The van der Waals surface area contributed by atoms with E-state index in [1.54, 1.807) is 6.08 Å². The van der Waals surface area contributed by atoms with Gasteiger partial charge < -0.3 is 20.1 Å². The Morgan fingerprint density at radius 3 is 2.63 bits per heavy atom. The molecule has 0 amide bonds. The highest BCUT2D eigenvalue weighted by molar-refractivity contribution is 5.92. The average molecular weight is 419 g/mol. The van der Waals surface area contributed by atoms with Gasteiger partial charge >= 0.3 is 0 Å². The fourth-order valence-corrected chi connectivity index (χ4v) is 7.77. The summed E-state index contributed by atoms with van der Waals surface area (Å²) >= 11 is 0. The quantitative estimate of drug-likeness (QED) is 0.368. The molecule has 4 aliphatic rings. The number of rotatable bonds is 4. The molecule has 0 aliphatic heterocycles. The molecule has 3 N–H and O–H groups in total. The van der Waals surface area contributed by atoms with Crippen LogP contribution in [0.1, 0.15) is 59.3 Å². The van der Waals surface area contributed by atoms with Crippen LogP contribution in [-0.2, 0) is 14.3 Å². The molecule has 0 radical (unpaired) electrons. The first-order chi connectivity index (χ1) is 14.0. The summed E-state index contributed by atoms with van der Waals surface area (Å²) in [6, 6.07) is 0. The van der Waals surface area contributed by atoms with Crippen LogP contribution >= 0.6 is 0 Å². The van der Waals surface area contributed by atoms with Gasteiger partial charge in [0.15, 0.2) is 5.78 Å². The van der Waals surface area contributed by atoms with Crippen LogP contribution in [0.4, 0.5) is 0 Å². The summed E-state index contributed by atoms with van der Waals surface area (Å²) < 4.78 is 5.39. The van der Waals surface area contributed by atoms with E-state index < -0.39 is 29.2 Å². The first kappa shape index (κ1) is 21.7. The van der Waals surface area contributed by atoms with Crippen molar-refractivity contribution in [1.82, 2.24) is 0 Å². The van der Waals surface area contributed by atoms with E-state index in [0.717, 1.165) is 12.0 Å². The Balaban J connectivity index is 1.75. The van der Waals surface area contributed by atoms with E-state index in [2.05, 4.69) is 20.4 Å². The molecule has 0 heterocycles. The number of ketones is 2. The smallest absolute Gasteiger partial charge is 0.227 e. The number of fused-ring (bicyclic) bond motifs is 5.